The van der Waals surface area contributed by atoms with Crippen LogP contribution in [0.25, 0.3) is 33.4 Å². The summed E-state index contributed by atoms with van der Waals surface area (Å²) < 4.78 is 50.9. The van der Waals surface area contributed by atoms with Gasteiger partial charge in [-0.1, -0.05) is 24.3 Å². The predicted octanol–water partition coefficient (Wildman–Crippen LogP) is 5.54. The van der Waals surface area contributed by atoms with Crippen molar-refractivity contribution in [1.29, 1.82) is 0 Å². The molecule has 158 valence electrons. The van der Waals surface area contributed by atoms with E-state index in [-0.39, 0.29) is 5.82 Å². The second-order valence-corrected chi connectivity index (χ2v) is 7.04. The molecule has 0 unspecified atom stereocenters. The average Bonchev–Trinajstić information content (AvgIpc) is 2.78. The molecule has 4 nitrogen and oxygen atoms in total. The number of anilines is 1. The molecular weight excluding hydrogens is 408 g/mol. The normalized spacial score (nSPS) is 14.5. The largest absolute Gasteiger partial charge is 0.344 e. The molecule has 8 heteroatoms. The van der Waals surface area contributed by atoms with E-state index in [4.69, 9.17) is 0 Å². The third-order valence-electron chi connectivity index (χ3n) is 4.92. The molecule has 1 saturated heterocycles. The second-order valence-electron chi connectivity index (χ2n) is 7.04. The Morgan fingerprint density at radius 1 is 0.903 bits per heavy atom. The number of fused-ring (bicyclic) bond motifs is 1. The smallest absolute Gasteiger partial charge is 0.282 e. The van der Waals surface area contributed by atoms with Gasteiger partial charge in [0, 0.05) is 28.9 Å². The topological polar surface area (TPSA) is 41.9 Å². The van der Waals surface area contributed by atoms with E-state index in [9.17, 15) is 17.6 Å². The Morgan fingerprint density at radius 3 is 2.35 bits per heavy atom. The highest BCUT2D eigenvalue weighted by Crippen LogP contribution is 2.37. The van der Waals surface area contributed by atoms with E-state index in [1.165, 1.54) is 11.0 Å². The van der Waals surface area contributed by atoms with E-state index in [0.29, 0.717) is 46.4 Å². The number of nitrogens with zero attached hydrogens (tertiary/aromatic N) is 4. The number of benzene rings is 2. The monoisotopic (exact) mass is 426 g/mol. The Bertz CT molecular complexity index is 1210. The lowest BCUT2D eigenvalue weighted by atomic mass is 10.0. The van der Waals surface area contributed by atoms with Gasteiger partial charge in [0.1, 0.15) is 11.6 Å². The molecule has 0 atom stereocenters. The quantitative estimate of drug-likeness (QED) is 0.404. The number of rotatable bonds is 3. The van der Waals surface area contributed by atoms with Crippen molar-refractivity contribution in [1.82, 2.24) is 15.0 Å². The lowest BCUT2D eigenvalue weighted by molar-refractivity contribution is -0.0265. The van der Waals surface area contributed by atoms with Gasteiger partial charge in [0.25, 0.3) is 5.92 Å². The molecule has 31 heavy (non-hydrogen) atoms. The Kier molecular flexibility index (Phi) is 5.54. The third-order valence-corrected chi connectivity index (χ3v) is 4.92. The second kappa shape index (κ2) is 8.29. The van der Waals surface area contributed by atoms with Crippen LogP contribution in [0.1, 0.15) is 0 Å². The summed E-state index contributed by atoms with van der Waals surface area (Å²) in [6, 6.07) is 15.3. The van der Waals surface area contributed by atoms with Crippen LogP contribution in [0.15, 0.2) is 67.0 Å². The van der Waals surface area contributed by atoms with Gasteiger partial charge in [-0.2, -0.15) is 0 Å². The number of pyridine rings is 1. The predicted molar refractivity (Wildman–Crippen MR) is 112 cm³/mol. The Morgan fingerprint density at radius 2 is 1.68 bits per heavy atom. The van der Waals surface area contributed by atoms with Crippen LogP contribution in [0.2, 0.25) is 0 Å². The molecule has 0 aliphatic carbocycles. The zero-order valence-electron chi connectivity index (χ0n) is 16.6. The highest BCUT2D eigenvalue weighted by atomic mass is 19.3. The van der Waals surface area contributed by atoms with Crippen molar-refractivity contribution in [3.63, 3.8) is 0 Å². The molecule has 1 fully saturated rings. The molecule has 0 N–H and O–H groups in total. The molecular formula is C23H18F4N4. The van der Waals surface area contributed by atoms with Crippen molar-refractivity contribution >= 4 is 16.7 Å². The van der Waals surface area contributed by atoms with E-state index in [0.717, 1.165) is 0 Å². The van der Waals surface area contributed by atoms with Crippen LogP contribution < -0.4 is 4.90 Å². The first-order chi connectivity index (χ1) is 15.0. The summed E-state index contributed by atoms with van der Waals surface area (Å²) >= 11 is 0. The third kappa shape index (κ3) is 4.05. The van der Waals surface area contributed by atoms with E-state index < -0.39 is 19.0 Å². The number of aromatic nitrogens is 3. The van der Waals surface area contributed by atoms with E-state index in [1.807, 2.05) is 6.07 Å². The summed E-state index contributed by atoms with van der Waals surface area (Å²) in [5.41, 5.74) is 2.37. The summed E-state index contributed by atoms with van der Waals surface area (Å²) in [5, 5.41) is 0.605. The van der Waals surface area contributed by atoms with Gasteiger partial charge in [-0.25, -0.2) is 23.1 Å². The molecule has 1 aliphatic heterocycles. The standard InChI is InChI=1S/C22H15F3N4.CH3F/c23-18-6-2-1-5-16(18)14-7-8-19-17(10-14)21(29-12-22(24,25)13-29)28-20(27-19)15-4-3-9-26-11-15;1-2/h1-11H,12-13H2;1H3. The fourth-order valence-electron chi connectivity index (χ4n) is 3.50. The van der Waals surface area contributed by atoms with Crippen molar-refractivity contribution in [2.75, 3.05) is 25.2 Å². The van der Waals surface area contributed by atoms with Crippen LogP contribution in [0.4, 0.5) is 23.4 Å². The van der Waals surface area contributed by atoms with Crippen LogP contribution in [-0.4, -0.2) is 41.1 Å². The van der Waals surface area contributed by atoms with Crippen LogP contribution in [0.3, 0.4) is 0 Å². The van der Waals surface area contributed by atoms with Crippen LogP contribution >= 0.6 is 0 Å². The fraction of sp³-hybridized carbons (Fsp3) is 0.174. The average molecular weight is 426 g/mol. The highest BCUT2D eigenvalue weighted by Gasteiger charge is 2.45. The summed E-state index contributed by atoms with van der Waals surface area (Å²) in [7, 11) is 0.500. The van der Waals surface area contributed by atoms with Crippen LogP contribution in [0, 0.1) is 5.82 Å². The molecule has 5 rings (SSSR count). The number of hydrogen-bond acceptors (Lipinski definition) is 4. The lowest BCUT2D eigenvalue weighted by Crippen LogP contribution is -2.56. The van der Waals surface area contributed by atoms with Gasteiger partial charge < -0.3 is 4.90 Å². The molecule has 2 aromatic carbocycles. The number of hydrogen-bond donors (Lipinski definition) is 0. The molecule has 0 spiro atoms. The van der Waals surface area contributed by atoms with Crippen LogP contribution in [-0.2, 0) is 0 Å². The minimum atomic E-state index is -2.74. The van der Waals surface area contributed by atoms with Gasteiger partial charge in [0.15, 0.2) is 5.82 Å². The van der Waals surface area contributed by atoms with Crippen molar-refractivity contribution in [2.24, 2.45) is 0 Å². The number of halogens is 4. The minimum Gasteiger partial charge on any atom is -0.344 e. The molecule has 3 heterocycles. The lowest BCUT2D eigenvalue weighted by Gasteiger charge is -2.40. The molecule has 2 aromatic heterocycles. The van der Waals surface area contributed by atoms with Gasteiger partial charge in [0.05, 0.1) is 25.8 Å². The molecule has 1 aliphatic rings. The summed E-state index contributed by atoms with van der Waals surface area (Å²) in [4.78, 5) is 14.7. The van der Waals surface area contributed by atoms with Gasteiger partial charge >= 0.3 is 0 Å². The van der Waals surface area contributed by atoms with Crippen molar-refractivity contribution in [2.45, 2.75) is 5.92 Å². The SMILES string of the molecule is CF.Fc1ccccc1-c1ccc2nc(-c3cccnc3)nc(N3CC(F)(F)C3)c2c1. The Hall–Kier alpha value is -3.55. The van der Waals surface area contributed by atoms with Crippen LogP contribution in [0.5, 0.6) is 0 Å². The first-order valence-electron chi connectivity index (χ1n) is 9.48. The highest BCUT2D eigenvalue weighted by molar-refractivity contribution is 5.94. The van der Waals surface area contributed by atoms with Gasteiger partial charge in [-0.15, -0.1) is 0 Å². The maximum atomic E-state index is 14.3. The maximum absolute atomic E-state index is 14.3. The van der Waals surface area contributed by atoms with Crippen molar-refractivity contribution in [3.05, 3.63) is 72.8 Å². The van der Waals surface area contributed by atoms with Gasteiger partial charge in [0.2, 0.25) is 0 Å². The van der Waals surface area contributed by atoms with E-state index >= 15 is 0 Å². The fourth-order valence-corrected chi connectivity index (χ4v) is 3.50. The number of alkyl halides is 3. The zero-order chi connectivity index (χ0) is 22.0. The van der Waals surface area contributed by atoms with Gasteiger partial charge in [-0.05, 0) is 35.9 Å². The first kappa shape index (κ1) is 20.7. The van der Waals surface area contributed by atoms with Crippen molar-refractivity contribution in [3.8, 4) is 22.5 Å². The molecule has 4 aromatic rings. The summed E-state index contributed by atoms with van der Waals surface area (Å²) in [6.07, 6.45) is 3.27. The van der Waals surface area contributed by atoms with Gasteiger partial charge in [-0.3, -0.25) is 9.37 Å². The zero-order valence-corrected chi connectivity index (χ0v) is 16.6. The molecule has 0 bridgehead atoms. The first-order valence-corrected chi connectivity index (χ1v) is 9.48. The molecule has 0 amide bonds. The Balaban J connectivity index is 0.00000112. The summed E-state index contributed by atoms with van der Waals surface area (Å²) in [6.45, 7) is -0.814. The Labute approximate surface area is 176 Å². The van der Waals surface area contributed by atoms with E-state index in [2.05, 4.69) is 15.0 Å². The minimum absolute atomic E-state index is 0.350. The molecule has 0 radical (unpaired) electrons. The molecule has 0 saturated carbocycles. The maximum Gasteiger partial charge on any atom is 0.282 e. The van der Waals surface area contributed by atoms with E-state index in [1.54, 1.807) is 54.9 Å². The summed E-state index contributed by atoms with van der Waals surface area (Å²) in [5.74, 6) is -2.27. The van der Waals surface area contributed by atoms with Crippen molar-refractivity contribution < 1.29 is 17.6 Å².